The minimum absolute atomic E-state index is 0.144. The van der Waals surface area contributed by atoms with E-state index in [2.05, 4.69) is 17.1 Å². The fraction of sp³-hybridized carbons (Fsp3) is 0.632. The molecule has 0 aromatic heterocycles. The van der Waals surface area contributed by atoms with Crippen LogP contribution in [-0.4, -0.2) is 75.5 Å². The van der Waals surface area contributed by atoms with E-state index in [1.807, 2.05) is 0 Å². The molecule has 0 spiro atoms. The highest BCUT2D eigenvalue weighted by Crippen LogP contribution is 2.19. The summed E-state index contributed by atoms with van der Waals surface area (Å²) in [4.78, 5) is 15.2. The average Bonchev–Trinajstić information content (AvgIpc) is 2.70. The maximum atomic E-state index is 12.8. The number of hydrogen-bond donors (Lipinski definition) is 1. The molecular weight excluding hydrogens is 366 g/mol. The maximum Gasteiger partial charge on any atom is 0.251 e. The number of morpholine rings is 1. The van der Waals surface area contributed by atoms with Crippen LogP contribution in [0.3, 0.4) is 0 Å². The first-order valence-electron chi connectivity index (χ1n) is 9.72. The molecule has 3 rings (SSSR count). The Hall–Kier alpha value is -1.48. The number of sulfonamides is 1. The summed E-state index contributed by atoms with van der Waals surface area (Å²) >= 11 is 0. The quantitative estimate of drug-likeness (QED) is 0.786. The first-order chi connectivity index (χ1) is 13.0. The van der Waals surface area contributed by atoms with Crippen molar-refractivity contribution in [2.75, 3.05) is 45.9 Å². The molecule has 150 valence electrons. The maximum absolute atomic E-state index is 12.8. The van der Waals surface area contributed by atoms with E-state index in [0.717, 1.165) is 38.9 Å². The van der Waals surface area contributed by atoms with E-state index >= 15 is 0 Å². The molecule has 1 aromatic carbocycles. The highest BCUT2D eigenvalue weighted by Gasteiger charge is 2.27. The molecule has 0 saturated carbocycles. The second-order valence-electron chi connectivity index (χ2n) is 7.13. The molecule has 7 nitrogen and oxygen atoms in total. The Morgan fingerprint density at radius 1 is 1.19 bits per heavy atom. The number of likely N-dealkylation sites (tertiary alicyclic amines) is 1. The van der Waals surface area contributed by atoms with Gasteiger partial charge in [-0.05, 0) is 44.0 Å². The van der Waals surface area contributed by atoms with Crippen molar-refractivity contribution in [2.45, 2.75) is 37.1 Å². The first kappa shape index (κ1) is 20.3. The first-order valence-corrected chi connectivity index (χ1v) is 11.2. The molecular formula is C19H29N3O4S. The van der Waals surface area contributed by atoms with E-state index in [1.54, 1.807) is 18.2 Å². The molecule has 0 atom stereocenters. The van der Waals surface area contributed by atoms with Crippen molar-refractivity contribution in [3.8, 4) is 0 Å². The third kappa shape index (κ3) is 5.07. The van der Waals surface area contributed by atoms with Gasteiger partial charge in [-0.15, -0.1) is 0 Å². The zero-order chi connectivity index (χ0) is 19.3. The molecule has 2 fully saturated rings. The number of carbonyl (C=O) groups excluding carboxylic acids is 1. The summed E-state index contributed by atoms with van der Waals surface area (Å²) in [6.45, 7) is 6.73. The third-order valence-electron chi connectivity index (χ3n) is 5.17. The molecule has 0 bridgehead atoms. The third-order valence-corrected chi connectivity index (χ3v) is 7.06. The summed E-state index contributed by atoms with van der Waals surface area (Å²) in [7, 11) is -3.60. The normalized spacial score (nSPS) is 20.5. The van der Waals surface area contributed by atoms with Gasteiger partial charge < -0.3 is 15.0 Å². The lowest BCUT2D eigenvalue weighted by Gasteiger charge is -2.32. The van der Waals surface area contributed by atoms with Gasteiger partial charge >= 0.3 is 0 Å². The number of rotatable bonds is 6. The summed E-state index contributed by atoms with van der Waals surface area (Å²) in [5, 5.41) is 3.06. The molecule has 0 aliphatic carbocycles. The largest absolute Gasteiger partial charge is 0.379 e. The standard InChI is InChI=1S/C19H29N3O4S/c1-2-8-21-9-6-17(7-10-21)20-19(23)16-4-3-5-18(15-16)27(24,25)22-11-13-26-14-12-22/h3-5,15,17H,2,6-14H2,1H3,(H,20,23). The number of ether oxygens (including phenoxy) is 1. The second kappa shape index (κ2) is 9.14. The van der Waals surface area contributed by atoms with Gasteiger partial charge in [-0.2, -0.15) is 4.31 Å². The molecule has 1 N–H and O–H groups in total. The number of benzene rings is 1. The van der Waals surface area contributed by atoms with Crippen molar-refractivity contribution < 1.29 is 17.9 Å². The lowest BCUT2D eigenvalue weighted by Crippen LogP contribution is -2.44. The summed E-state index contributed by atoms with van der Waals surface area (Å²) in [5.41, 5.74) is 0.389. The molecule has 8 heteroatoms. The van der Waals surface area contributed by atoms with Crippen molar-refractivity contribution in [1.29, 1.82) is 0 Å². The smallest absolute Gasteiger partial charge is 0.251 e. The number of amides is 1. The van der Waals surface area contributed by atoms with Gasteiger partial charge in [-0.3, -0.25) is 4.79 Å². The van der Waals surface area contributed by atoms with Crippen molar-refractivity contribution in [1.82, 2.24) is 14.5 Å². The van der Waals surface area contributed by atoms with Crippen molar-refractivity contribution in [3.63, 3.8) is 0 Å². The summed E-state index contributed by atoms with van der Waals surface area (Å²) in [6.07, 6.45) is 3.00. The molecule has 2 saturated heterocycles. The van der Waals surface area contributed by atoms with E-state index in [0.29, 0.717) is 31.9 Å². The number of nitrogens with one attached hydrogen (secondary N) is 1. The van der Waals surface area contributed by atoms with Crippen LogP contribution in [0, 0.1) is 0 Å². The van der Waals surface area contributed by atoms with Gasteiger partial charge in [0.1, 0.15) is 0 Å². The fourth-order valence-corrected chi connectivity index (χ4v) is 5.07. The molecule has 2 heterocycles. The van der Waals surface area contributed by atoms with Crippen molar-refractivity contribution in [2.24, 2.45) is 0 Å². The van der Waals surface area contributed by atoms with Gasteiger partial charge in [0.15, 0.2) is 0 Å². The molecule has 1 amide bonds. The number of hydrogen-bond acceptors (Lipinski definition) is 5. The summed E-state index contributed by atoms with van der Waals surface area (Å²) < 4.78 is 32.2. The van der Waals surface area contributed by atoms with E-state index in [9.17, 15) is 13.2 Å². The Balaban J connectivity index is 1.64. The Bertz CT molecular complexity index is 739. The number of carbonyl (C=O) groups is 1. The van der Waals surface area contributed by atoms with E-state index in [4.69, 9.17) is 4.74 Å². The van der Waals surface area contributed by atoms with Gasteiger partial charge in [0.2, 0.25) is 10.0 Å². The molecule has 2 aliphatic rings. The Labute approximate surface area is 161 Å². The van der Waals surface area contributed by atoms with Crippen LogP contribution in [0.2, 0.25) is 0 Å². The van der Waals surface area contributed by atoms with E-state index in [1.165, 1.54) is 10.4 Å². The van der Waals surface area contributed by atoms with Crippen LogP contribution >= 0.6 is 0 Å². The van der Waals surface area contributed by atoms with Crippen LogP contribution in [0.1, 0.15) is 36.5 Å². The van der Waals surface area contributed by atoms with Crippen LogP contribution in [0.4, 0.5) is 0 Å². The minimum atomic E-state index is -3.60. The van der Waals surface area contributed by atoms with Crippen molar-refractivity contribution in [3.05, 3.63) is 29.8 Å². The lowest BCUT2D eigenvalue weighted by molar-refractivity contribution is 0.0730. The van der Waals surface area contributed by atoms with Crippen LogP contribution in [0.15, 0.2) is 29.2 Å². The average molecular weight is 396 g/mol. The zero-order valence-electron chi connectivity index (χ0n) is 15.9. The molecule has 27 heavy (non-hydrogen) atoms. The summed E-state index contributed by atoms with van der Waals surface area (Å²) in [6, 6.07) is 6.47. The van der Waals surface area contributed by atoms with Gasteiger partial charge in [0.05, 0.1) is 18.1 Å². The highest BCUT2D eigenvalue weighted by atomic mass is 32.2. The van der Waals surface area contributed by atoms with Crippen LogP contribution in [0.25, 0.3) is 0 Å². The number of nitrogens with zero attached hydrogens (tertiary/aromatic N) is 2. The minimum Gasteiger partial charge on any atom is -0.379 e. The van der Waals surface area contributed by atoms with Crippen LogP contribution in [0.5, 0.6) is 0 Å². The highest BCUT2D eigenvalue weighted by molar-refractivity contribution is 7.89. The topological polar surface area (TPSA) is 79.0 Å². The van der Waals surface area contributed by atoms with Crippen molar-refractivity contribution >= 4 is 15.9 Å². The second-order valence-corrected chi connectivity index (χ2v) is 9.07. The van der Waals surface area contributed by atoms with E-state index in [-0.39, 0.29) is 16.8 Å². The zero-order valence-corrected chi connectivity index (χ0v) is 16.7. The predicted octanol–water partition coefficient (Wildman–Crippen LogP) is 1.31. The number of piperidine rings is 1. The Kier molecular flexibility index (Phi) is 6.86. The van der Waals surface area contributed by atoms with Gasteiger partial charge in [-0.1, -0.05) is 13.0 Å². The molecule has 1 aromatic rings. The Morgan fingerprint density at radius 3 is 2.56 bits per heavy atom. The van der Waals surface area contributed by atoms with Crippen LogP contribution < -0.4 is 5.32 Å². The van der Waals surface area contributed by atoms with Gasteiger partial charge in [0.25, 0.3) is 5.91 Å². The summed E-state index contributed by atoms with van der Waals surface area (Å²) in [5.74, 6) is -0.206. The molecule has 0 unspecified atom stereocenters. The van der Waals surface area contributed by atoms with Crippen LogP contribution in [-0.2, 0) is 14.8 Å². The van der Waals surface area contributed by atoms with Gasteiger partial charge in [0, 0.05) is 37.8 Å². The van der Waals surface area contributed by atoms with Gasteiger partial charge in [-0.25, -0.2) is 8.42 Å². The molecule has 0 radical (unpaired) electrons. The van der Waals surface area contributed by atoms with E-state index < -0.39 is 10.0 Å². The predicted molar refractivity (Wildman–Crippen MR) is 103 cm³/mol. The lowest BCUT2D eigenvalue weighted by atomic mass is 10.0. The molecule has 2 aliphatic heterocycles. The monoisotopic (exact) mass is 395 g/mol. The fourth-order valence-electron chi connectivity index (χ4n) is 3.62. The SMILES string of the molecule is CCCN1CCC(NC(=O)c2cccc(S(=O)(=O)N3CCOCC3)c2)CC1. The Morgan fingerprint density at radius 2 is 1.89 bits per heavy atom.